The van der Waals surface area contributed by atoms with Crippen molar-refractivity contribution in [3.63, 3.8) is 0 Å². The number of carboxylic acid groups (broad SMARTS) is 1. The molecule has 0 fully saturated rings. The number of benzene rings is 1. The van der Waals surface area contributed by atoms with Crippen molar-refractivity contribution in [3.05, 3.63) is 39.9 Å². The zero-order valence-corrected chi connectivity index (χ0v) is 9.79. The summed E-state index contributed by atoms with van der Waals surface area (Å²) in [6.45, 7) is 4.00. The zero-order valence-electron chi connectivity index (χ0n) is 9.79. The zero-order chi connectivity index (χ0) is 13.4. The fourth-order valence-electron chi connectivity index (χ4n) is 1.09. The minimum Gasteiger partial charge on any atom is -0.480 e. The Labute approximate surface area is 129 Å². The SMILES string of the molecule is C.C.C.C.CC.N[C@@H](Cc1ccc([N+](=O)[O-])cc1)C(=O)O. The molecule has 1 aromatic rings. The molecule has 0 aromatic heterocycles. The molecular formula is C15H32N2O4. The average Bonchev–Trinajstić information content (AvgIpc) is 2.32. The molecule has 0 saturated heterocycles. The lowest BCUT2D eigenvalue weighted by atomic mass is 10.1. The van der Waals surface area contributed by atoms with Crippen molar-refractivity contribution in [1.29, 1.82) is 0 Å². The highest BCUT2D eigenvalue weighted by molar-refractivity contribution is 5.73. The van der Waals surface area contributed by atoms with Crippen LogP contribution in [0.4, 0.5) is 5.69 Å². The maximum atomic E-state index is 10.4. The van der Waals surface area contributed by atoms with Gasteiger partial charge in [-0.25, -0.2) is 0 Å². The third-order valence-electron chi connectivity index (χ3n) is 1.92. The van der Waals surface area contributed by atoms with Crippen LogP contribution in [0, 0.1) is 10.1 Å². The maximum Gasteiger partial charge on any atom is 0.320 e. The van der Waals surface area contributed by atoms with Gasteiger partial charge in [0, 0.05) is 12.1 Å². The van der Waals surface area contributed by atoms with E-state index in [1.807, 2.05) is 13.8 Å². The van der Waals surface area contributed by atoms with E-state index < -0.39 is 16.9 Å². The van der Waals surface area contributed by atoms with E-state index in [0.29, 0.717) is 5.56 Å². The molecule has 1 rings (SSSR count). The number of carboxylic acids is 1. The number of non-ortho nitro benzene ring substituents is 1. The summed E-state index contributed by atoms with van der Waals surface area (Å²) in [5.74, 6) is -1.09. The summed E-state index contributed by atoms with van der Waals surface area (Å²) in [4.78, 5) is 20.3. The lowest BCUT2D eigenvalue weighted by Gasteiger charge is -2.05. The van der Waals surface area contributed by atoms with Gasteiger partial charge in [-0.05, 0) is 12.0 Å². The first-order valence-corrected chi connectivity index (χ1v) is 5.22. The van der Waals surface area contributed by atoms with E-state index in [0.717, 1.165) is 0 Å². The predicted octanol–water partition coefficient (Wildman–Crippen LogP) is 4.12. The molecular weight excluding hydrogens is 272 g/mol. The van der Waals surface area contributed by atoms with Gasteiger partial charge in [-0.3, -0.25) is 14.9 Å². The molecule has 1 aromatic carbocycles. The number of hydrogen-bond acceptors (Lipinski definition) is 4. The monoisotopic (exact) mass is 304 g/mol. The molecule has 0 unspecified atom stereocenters. The van der Waals surface area contributed by atoms with Gasteiger partial charge in [-0.15, -0.1) is 0 Å². The van der Waals surface area contributed by atoms with Crippen molar-refractivity contribution < 1.29 is 14.8 Å². The Kier molecular flexibility index (Phi) is 24.1. The van der Waals surface area contributed by atoms with Crippen molar-refractivity contribution >= 4 is 11.7 Å². The normalized spacial score (nSPS) is 8.90. The van der Waals surface area contributed by atoms with E-state index in [1.165, 1.54) is 24.3 Å². The third-order valence-corrected chi connectivity index (χ3v) is 1.92. The van der Waals surface area contributed by atoms with Gasteiger partial charge in [0.2, 0.25) is 0 Å². The quantitative estimate of drug-likeness (QED) is 0.642. The highest BCUT2D eigenvalue weighted by Crippen LogP contribution is 2.12. The molecule has 0 saturated carbocycles. The van der Waals surface area contributed by atoms with Crippen LogP contribution in [0.3, 0.4) is 0 Å². The standard InChI is InChI=1S/C9H10N2O4.C2H6.4CH4/c10-8(9(12)13)5-6-1-3-7(4-2-6)11(14)15;1-2;;;;/h1-4,8H,5,10H2,(H,12,13);1-2H3;4*1H4/t8-;;;;;/m0...../s1. The second-order valence-corrected chi connectivity index (χ2v) is 3.07. The lowest BCUT2D eigenvalue weighted by molar-refractivity contribution is -0.384. The topological polar surface area (TPSA) is 106 Å². The van der Waals surface area contributed by atoms with Crippen LogP contribution in [-0.2, 0) is 11.2 Å². The molecule has 6 nitrogen and oxygen atoms in total. The lowest BCUT2D eigenvalue weighted by Crippen LogP contribution is -2.32. The van der Waals surface area contributed by atoms with Gasteiger partial charge >= 0.3 is 5.97 Å². The summed E-state index contributed by atoms with van der Waals surface area (Å²) in [6.07, 6.45) is 0.160. The van der Waals surface area contributed by atoms with Crippen molar-refractivity contribution in [3.8, 4) is 0 Å². The largest absolute Gasteiger partial charge is 0.480 e. The van der Waals surface area contributed by atoms with Crippen molar-refractivity contribution in [2.24, 2.45) is 5.73 Å². The number of hydrogen-bond donors (Lipinski definition) is 2. The average molecular weight is 304 g/mol. The number of nitrogens with two attached hydrogens (primary N) is 1. The predicted molar refractivity (Wildman–Crippen MR) is 90.7 cm³/mol. The Morgan fingerprint density at radius 3 is 1.86 bits per heavy atom. The van der Waals surface area contributed by atoms with Crippen LogP contribution in [0.2, 0.25) is 0 Å². The van der Waals surface area contributed by atoms with E-state index in [2.05, 4.69) is 0 Å². The van der Waals surface area contributed by atoms with Crippen molar-refractivity contribution in [2.45, 2.75) is 56.0 Å². The van der Waals surface area contributed by atoms with Gasteiger partial charge in [-0.2, -0.15) is 0 Å². The molecule has 0 bridgehead atoms. The Morgan fingerprint density at radius 2 is 1.57 bits per heavy atom. The fraction of sp³-hybridized carbons (Fsp3) is 0.533. The van der Waals surface area contributed by atoms with Crippen LogP contribution in [0.5, 0.6) is 0 Å². The van der Waals surface area contributed by atoms with Gasteiger partial charge in [-0.1, -0.05) is 55.7 Å². The molecule has 0 aliphatic rings. The summed E-state index contributed by atoms with van der Waals surface area (Å²) in [5.41, 5.74) is 5.95. The second-order valence-electron chi connectivity index (χ2n) is 3.07. The number of rotatable bonds is 4. The van der Waals surface area contributed by atoms with Crippen LogP contribution < -0.4 is 5.73 Å². The first kappa shape index (κ1) is 31.4. The minimum atomic E-state index is -1.09. The summed E-state index contributed by atoms with van der Waals surface area (Å²) < 4.78 is 0. The van der Waals surface area contributed by atoms with Crippen LogP contribution in [-0.4, -0.2) is 22.0 Å². The Balaban J connectivity index is -0.000000136. The molecule has 21 heavy (non-hydrogen) atoms. The Morgan fingerprint density at radius 1 is 1.19 bits per heavy atom. The summed E-state index contributed by atoms with van der Waals surface area (Å²) >= 11 is 0. The fourth-order valence-corrected chi connectivity index (χ4v) is 1.09. The van der Waals surface area contributed by atoms with Crippen molar-refractivity contribution in [2.75, 3.05) is 0 Å². The smallest absolute Gasteiger partial charge is 0.320 e. The molecule has 0 aliphatic heterocycles. The Hall–Kier alpha value is -1.95. The first-order valence-electron chi connectivity index (χ1n) is 5.22. The van der Waals surface area contributed by atoms with E-state index in [-0.39, 0.29) is 41.8 Å². The van der Waals surface area contributed by atoms with E-state index in [4.69, 9.17) is 10.8 Å². The minimum absolute atomic E-state index is 0. The maximum absolute atomic E-state index is 10.4. The molecule has 0 radical (unpaired) electrons. The van der Waals surface area contributed by atoms with Gasteiger partial charge < -0.3 is 10.8 Å². The molecule has 3 N–H and O–H groups in total. The van der Waals surface area contributed by atoms with E-state index in [9.17, 15) is 14.9 Å². The molecule has 0 aliphatic carbocycles. The van der Waals surface area contributed by atoms with Gasteiger partial charge in [0.25, 0.3) is 5.69 Å². The van der Waals surface area contributed by atoms with Crippen LogP contribution in [0.15, 0.2) is 24.3 Å². The number of carbonyl (C=O) groups is 1. The molecule has 1 atom stereocenters. The van der Waals surface area contributed by atoms with E-state index >= 15 is 0 Å². The summed E-state index contributed by atoms with van der Waals surface area (Å²) in [6, 6.07) is 4.67. The van der Waals surface area contributed by atoms with Crippen LogP contribution in [0.1, 0.15) is 49.1 Å². The number of nitro groups is 1. The molecule has 0 spiro atoms. The molecule has 0 heterocycles. The second kappa shape index (κ2) is 16.1. The number of aliphatic carboxylic acids is 1. The molecule has 126 valence electrons. The summed E-state index contributed by atoms with van der Waals surface area (Å²) in [5, 5.41) is 18.9. The highest BCUT2D eigenvalue weighted by Gasteiger charge is 2.12. The van der Waals surface area contributed by atoms with Gasteiger partial charge in [0.1, 0.15) is 6.04 Å². The summed E-state index contributed by atoms with van der Waals surface area (Å²) in [7, 11) is 0. The Bertz CT molecular complexity index is 378. The third kappa shape index (κ3) is 11.6. The van der Waals surface area contributed by atoms with Crippen LogP contribution in [0.25, 0.3) is 0 Å². The molecule has 0 amide bonds. The highest BCUT2D eigenvalue weighted by atomic mass is 16.6. The number of nitrogens with zero attached hydrogens (tertiary/aromatic N) is 1. The van der Waals surface area contributed by atoms with Gasteiger partial charge in [0.05, 0.1) is 4.92 Å². The van der Waals surface area contributed by atoms with E-state index in [1.54, 1.807) is 0 Å². The van der Waals surface area contributed by atoms with Crippen molar-refractivity contribution in [1.82, 2.24) is 0 Å². The van der Waals surface area contributed by atoms with Gasteiger partial charge in [0.15, 0.2) is 0 Å². The van der Waals surface area contributed by atoms with Crippen LogP contribution >= 0.6 is 0 Å². The number of nitro benzene ring substituents is 1. The first-order chi connectivity index (χ1) is 8.00. The molecule has 6 heteroatoms.